The van der Waals surface area contributed by atoms with Gasteiger partial charge in [-0.15, -0.1) is 0 Å². The number of carbonyl (C=O) groups excluding carboxylic acids is 2. The zero-order chi connectivity index (χ0) is 11.3. The zero-order valence-corrected chi connectivity index (χ0v) is 8.14. The maximum Gasteiger partial charge on any atom is 0.348 e. The Balaban J connectivity index is 4.62. The van der Waals surface area contributed by atoms with Gasteiger partial charge >= 0.3 is 17.9 Å². The Hall–Kier alpha value is -1.59. The van der Waals surface area contributed by atoms with Gasteiger partial charge in [0, 0.05) is 6.92 Å². The third-order valence-electron chi connectivity index (χ3n) is 1.57. The van der Waals surface area contributed by atoms with Gasteiger partial charge in [0.1, 0.15) is 5.92 Å². The average molecular weight is 204 g/mol. The molecule has 0 aliphatic carbocycles. The maximum atomic E-state index is 11.0. The first kappa shape index (κ1) is 12.4. The van der Waals surface area contributed by atoms with Crippen LogP contribution in [0.2, 0.25) is 0 Å². The molecule has 14 heavy (non-hydrogen) atoms. The van der Waals surface area contributed by atoms with E-state index in [2.05, 4.69) is 9.47 Å². The fourth-order valence-electron chi connectivity index (χ4n) is 0.779. The summed E-state index contributed by atoms with van der Waals surface area (Å²) in [5.74, 6) is -3.98. The predicted molar refractivity (Wildman–Crippen MR) is 44.4 cm³/mol. The molecule has 0 heterocycles. The van der Waals surface area contributed by atoms with Crippen molar-refractivity contribution in [3.05, 3.63) is 0 Å². The molecule has 6 heteroatoms. The SMILES string of the molecule is COC(=O)[C@@H](OC(C)=O)[C@@H](C)C(=O)O. The van der Waals surface area contributed by atoms with Crippen LogP contribution in [-0.2, 0) is 23.9 Å². The van der Waals surface area contributed by atoms with E-state index in [1.807, 2.05) is 0 Å². The molecule has 6 nitrogen and oxygen atoms in total. The van der Waals surface area contributed by atoms with Crippen molar-refractivity contribution in [3.8, 4) is 0 Å². The van der Waals surface area contributed by atoms with Gasteiger partial charge in [0.15, 0.2) is 0 Å². The lowest BCUT2D eigenvalue weighted by Crippen LogP contribution is -2.37. The molecule has 0 radical (unpaired) electrons. The third kappa shape index (κ3) is 3.42. The van der Waals surface area contributed by atoms with Crippen LogP contribution in [0.3, 0.4) is 0 Å². The van der Waals surface area contributed by atoms with Crippen molar-refractivity contribution in [2.45, 2.75) is 20.0 Å². The number of carboxylic acid groups (broad SMARTS) is 1. The number of esters is 2. The number of hydrogen-bond donors (Lipinski definition) is 1. The highest BCUT2D eigenvalue weighted by atomic mass is 16.6. The molecule has 0 fully saturated rings. The number of rotatable bonds is 4. The topological polar surface area (TPSA) is 89.9 Å². The van der Waals surface area contributed by atoms with Gasteiger partial charge in [0.2, 0.25) is 6.10 Å². The molecule has 0 unspecified atom stereocenters. The van der Waals surface area contributed by atoms with Crippen LogP contribution in [0.5, 0.6) is 0 Å². The molecule has 80 valence electrons. The first-order valence-corrected chi connectivity index (χ1v) is 3.88. The first-order valence-electron chi connectivity index (χ1n) is 3.88. The number of hydrogen-bond acceptors (Lipinski definition) is 5. The smallest absolute Gasteiger partial charge is 0.348 e. The van der Waals surface area contributed by atoms with E-state index in [1.165, 1.54) is 6.92 Å². The Labute approximate surface area is 80.8 Å². The van der Waals surface area contributed by atoms with E-state index in [1.54, 1.807) is 0 Å². The average Bonchev–Trinajstić information content (AvgIpc) is 2.11. The molecule has 0 aromatic carbocycles. The van der Waals surface area contributed by atoms with Gasteiger partial charge in [-0.2, -0.15) is 0 Å². The molecular weight excluding hydrogens is 192 g/mol. The molecule has 0 bridgehead atoms. The van der Waals surface area contributed by atoms with Gasteiger partial charge in [0.05, 0.1) is 7.11 Å². The lowest BCUT2D eigenvalue weighted by Gasteiger charge is -2.17. The molecule has 0 aromatic rings. The Morgan fingerprint density at radius 2 is 1.79 bits per heavy atom. The quantitative estimate of drug-likeness (QED) is 0.638. The fourth-order valence-corrected chi connectivity index (χ4v) is 0.779. The van der Waals surface area contributed by atoms with Crippen LogP contribution in [-0.4, -0.2) is 36.2 Å². The molecule has 0 rings (SSSR count). The van der Waals surface area contributed by atoms with Crippen LogP contribution < -0.4 is 0 Å². The van der Waals surface area contributed by atoms with E-state index in [9.17, 15) is 14.4 Å². The van der Waals surface area contributed by atoms with Gasteiger partial charge in [-0.05, 0) is 6.92 Å². The summed E-state index contributed by atoms with van der Waals surface area (Å²) in [4.78, 5) is 32.2. The monoisotopic (exact) mass is 204 g/mol. The molecular formula is C8H12O6. The summed E-state index contributed by atoms with van der Waals surface area (Å²) in [5.41, 5.74) is 0. The summed E-state index contributed by atoms with van der Waals surface area (Å²) in [6.07, 6.45) is -1.39. The van der Waals surface area contributed by atoms with E-state index in [4.69, 9.17) is 5.11 Å². The van der Waals surface area contributed by atoms with Gasteiger partial charge in [0.25, 0.3) is 0 Å². The number of carbonyl (C=O) groups is 3. The van der Waals surface area contributed by atoms with Crippen molar-refractivity contribution in [1.29, 1.82) is 0 Å². The standard InChI is InChI=1S/C8H12O6/c1-4(7(10)11)6(8(12)13-3)14-5(2)9/h4,6H,1-3H3,(H,10,11)/t4-,6+/m1/s1. The predicted octanol–water partition coefficient (Wildman–Crippen LogP) is -0.188. The maximum absolute atomic E-state index is 11.0. The van der Waals surface area contributed by atoms with Crippen LogP contribution in [0, 0.1) is 5.92 Å². The Bertz CT molecular complexity index is 246. The van der Waals surface area contributed by atoms with Crippen LogP contribution in [0.4, 0.5) is 0 Å². The molecule has 1 N–H and O–H groups in total. The second kappa shape index (κ2) is 5.21. The Kier molecular flexibility index (Phi) is 4.62. The number of ether oxygens (including phenoxy) is 2. The van der Waals surface area contributed by atoms with E-state index in [0.29, 0.717) is 0 Å². The van der Waals surface area contributed by atoms with E-state index >= 15 is 0 Å². The zero-order valence-electron chi connectivity index (χ0n) is 8.14. The Morgan fingerprint density at radius 1 is 1.29 bits per heavy atom. The van der Waals surface area contributed by atoms with Gasteiger partial charge in [-0.3, -0.25) is 9.59 Å². The fraction of sp³-hybridized carbons (Fsp3) is 0.625. The number of aliphatic carboxylic acids is 1. The van der Waals surface area contributed by atoms with Crippen LogP contribution in [0.25, 0.3) is 0 Å². The minimum Gasteiger partial charge on any atom is -0.481 e. The van der Waals surface area contributed by atoms with Crippen LogP contribution in [0.15, 0.2) is 0 Å². The summed E-state index contributed by atoms with van der Waals surface area (Å²) >= 11 is 0. The second-order valence-electron chi connectivity index (χ2n) is 2.68. The van der Waals surface area contributed by atoms with Crippen molar-refractivity contribution in [2.75, 3.05) is 7.11 Å². The molecule has 0 aromatic heterocycles. The van der Waals surface area contributed by atoms with Gasteiger partial charge in [-0.1, -0.05) is 0 Å². The Morgan fingerprint density at radius 3 is 2.07 bits per heavy atom. The highest BCUT2D eigenvalue weighted by Crippen LogP contribution is 2.10. The highest BCUT2D eigenvalue weighted by molar-refractivity contribution is 5.84. The summed E-state index contributed by atoms with van der Waals surface area (Å²) < 4.78 is 8.84. The van der Waals surface area contributed by atoms with E-state index in [0.717, 1.165) is 14.0 Å². The van der Waals surface area contributed by atoms with Crippen LogP contribution in [0.1, 0.15) is 13.8 Å². The number of carboxylic acids is 1. The highest BCUT2D eigenvalue weighted by Gasteiger charge is 2.33. The minimum atomic E-state index is -1.39. The van der Waals surface area contributed by atoms with E-state index < -0.39 is 29.9 Å². The van der Waals surface area contributed by atoms with Crippen molar-refractivity contribution in [1.82, 2.24) is 0 Å². The molecule has 0 amide bonds. The lowest BCUT2D eigenvalue weighted by molar-refractivity contribution is -0.172. The summed E-state index contributed by atoms with van der Waals surface area (Å²) in [7, 11) is 1.09. The first-order chi connectivity index (χ1) is 6.40. The van der Waals surface area contributed by atoms with E-state index in [-0.39, 0.29) is 0 Å². The summed E-state index contributed by atoms with van der Waals surface area (Å²) in [5, 5.41) is 8.61. The molecule has 2 atom stereocenters. The third-order valence-corrected chi connectivity index (χ3v) is 1.57. The van der Waals surface area contributed by atoms with Crippen molar-refractivity contribution >= 4 is 17.9 Å². The minimum absolute atomic E-state index is 0.728. The van der Waals surface area contributed by atoms with Gasteiger partial charge in [-0.25, -0.2) is 4.79 Å². The molecule has 0 saturated carbocycles. The lowest BCUT2D eigenvalue weighted by atomic mass is 10.1. The number of methoxy groups -OCH3 is 1. The molecule has 0 aliphatic heterocycles. The summed E-state index contributed by atoms with van der Waals surface area (Å²) in [6.45, 7) is 2.34. The van der Waals surface area contributed by atoms with Crippen molar-refractivity contribution in [2.24, 2.45) is 5.92 Å². The van der Waals surface area contributed by atoms with Crippen molar-refractivity contribution < 1.29 is 29.0 Å². The molecule has 0 saturated heterocycles. The summed E-state index contributed by atoms with van der Waals surface area (Å²) in [6, 6.07) is 0. The largest absolute Gasteiger partial charge is 0.481 e. The van der Waals surface area contributed by atoms with Gasteiger partial charge < -0.3 is 14.6 Å². The van der Waals surface area contributed by atoms with Crippen molar-refractivity contribution in [3.63, 3.8) is 0 Å². The van der Waals surface area contributed by atoms with Crippen LogP contribution >= 0.6 is 0 Å². The molecule has 0 spiro atoms. The second-order valence-corrected chi connectivity index (χ2v) is 2.68. The normalized spacial score (nSPS) is 13.9. The molecule has 0 aliphatic rings.